The van der Waals surface area contributed by atoms with Crippen molar-refractivity contribution in [3.05, 3.63) is 46.5 Å². The number of hydrogen-bond acceptors (Lipinski definition) is 12. The summed E-state index contributed by atoms with van der Waals surface area (Å²) in [6.07, 6.45) is 3.17. The van der Waals surface area contributed by atoms with Crippen molar-refractivity contribution >= 4 is 62.8 Å². The molecule has 2 saturated heterocycles. The Labute approximate surface area is 318 Å². The SMILES string of the molecule is COc1cc2cc(c1Cl)N(C)C(=O)C[C@H](OC(=O)C(C)N(C)C(=O)CCSSC)[C@]1(C)O[C@@H]1[C@H](C)[C@@H]1C[C@@](O)(NC(=O)O1)[C@H](OC)/C=C/C=C(\C)C2. The Hall–Kier alpha value is -2.95. The van der Waals surface area contributed by atoms with Gasteiger partial charge in [0.15, 0.2) is 5.72 Å². The number of ether oxygens (including phenoxy) is 5. The number of halogens is 1. The van der Waals surface area contributed by atoms with Gasteiger partial charge in [-0.1, -0.05) is 63.9 Å². The van der Waals surface area contributed by atoms with E-state index < -0.39 is 65.7 Å². The summed E-state index contributed by atoms with van der Waals surface area (Å²) in [6, 6.07) is 2.63. The predicted molar refractivity (Wildman–Crippen MR) is 202 cm³/mol. The van der Waals surface area contributed by atoms with Gasteiger partial charge in [-0.3, -0.25) is 14.9 Å². The fourth-order valence-electron chi connectivity index (χ4n) is 6.61. The second kappa shape index (κ2) is 17.5. The monoisotopic (exact) mass is 783 g/mol. The fourth-order valence-corrected chi connectivity index (χ4v) is 8.09. The van der Waals surface area contributed by atoms with Crippen LogP contribution >= 0.6 is 33.2 Å². The van der Waals surface area contributed by atoms with Crippen LogP contribution in [0, 0.1) is 5.92 Å². The van der Waals surface area contributed by atoms with Crippen molar-refractivity contribution in [1.82, 2.24) is 10.2 Å². The molecule has 4 rings (SSSR count). The normalized spacial score (nSPS) is 31.6. The summed E-state index contributed by atoms with van der Waals surface area (Å²) >= 11 is 6.75. The van der Waals surface area contributed by atoms with E-state index in [0.29, 0.717) is 23.6 Å². The molecule has 3 heterocycles. The third-order valence-electron chi connectivity index (χ3n) is 10.0. The quantitative estimate of drug-likeness (QED) is 0.151. The Kier molecular flexibility index (Phi) is 14.0. The molecule has 8 atom stereocenters. The number of anilines is 1. The molecule has 3 aliphatic rings. The zero-order valence-corrected chi connectivity index (χ0v) is 33.5. The summed E-state index contributed by atoms with van der Waals surface area (Å²) in [7, 11) is 9.14. The van der Waals surface area contributed by atoms with Crippen LogP contribution in [0.5, 0.6) is 5.75 Å². The molecule has 1 aromatic rings. The number of rotatable bonds is 9. The number of allylic oxidation sites excluding steroid dienone is 3. The van der Waals surface area contributed by atoms with Crippen molar-refractivity contribution in [2.75, 3.05) is 45.2 Å². The van der Waals surface area contributed by atoms with E-state index in [1.54, 1.807) is 73.7 Å². The summed E-state index contributed by atoms with van der Waals surface area (Å²) in [5.41, 5.74) is -0.884. The first-order valence-electron chi connectivity index (χ1n) is 17.0. The molecule has 13 nitrogen and oxygen atoms in total. The molecule has 52 heavy (non-hydrogen) atoms. The highest BCUT2D eigenvalue weighted by Gasteiger charge is 2.64. The van der Waals surface area contributed by atoms with Crippen LogP contribution in [0.1, 0.15) is 52.5 Å². The van der Waals surface area contributed by atoms with Crippen LogP contribution in [0.3, 0.4) is 0 Å². The van der Waals surface area contributed by atoms with Gasteiger partial charge in [0.1, 0.15) is 40.7 Å². The van der Waals surface area contributed by atoms with Gasteiger partial charge >= 0.3 is 12.1 Å². The van der Waals surface area contributed by atoms with Crippen molar-refractivity contribution in [2.24, 2.45) is 5.92 Å². The topological polar surface area (TPSA) is 156 Å². The Morgan fingerprint density at radius 3 is 2.63 bits per heavy atom. The molecule has 1 unspecified atom stereocenters. The van der Waals surface area contributed by atoms with Gasteiger partial charge in [0, 0.05) is 45.7 Å². The van der Waals surface area contributed by atoms with Gasteiger partial charge in [-0.15, -0.1) is 0 Å². The third-order valence-corrected chi connectivity index (χ3v) is 12.2. The molecule has 3 amide bonds. The molecule has 1 aromatic carbocycles. The molecule has 0 aliphatic carbocycles. The Balaban J connectivity index is 1.74. The van der Waals surface area contributed by atoms with E-state index in [1.165, 1.54) is 31.1 Å². The van der Waals surface area contributed by atoms with Crippen molar-refractivity contribution in [1.29, 1.82) is 0 Å². The van der Waals surface area contributed by atoms with E-state index in [1.807, 2.05) is 19.3 Å². The van der Waals surface area contributed by atoms with Gasteiger partial charge in [0.25, 0.3) is 0 Å². The minimum atomic E-state index is -1.82. The van der Waals surface area contributed by atoms with Crippen LogP contribution in [0.25, 0.3) is 0 Å². The predicted octanol–water partition coefficient (Wildman–Crippen LogP) is 4.92. The number of hydrogen-bond donors (Lipinski definition) is 2. The molecule has 0 spiro atoms. The molecule has 0 aromatic heterocycles. The Morgan fingerprint density at radius 2 is 1.98 bits per heavy atom. The van der Waals surface area contributed by atoms with Crippen LogP contribution in [-0.2, 0) is 39.8 Å². The first-order chi connectivity index (χ1) is 24.5. The number of esters is 1. The smallest absolute Gasteiger partial charge is 0.409 e. The minimum Gasteiger partial charge on any atom is -0.495 e. The van der Waals surface area contributed by atoms with Crippen LogP contribution in [0.15, 0.2) is 35.9 Å². The first kappa shape index (κ1) is 41.8. The number of benzene rings is 1. The number of carbonyl (C=O) groups excluding carboxylic acids is 4. The first-order valence-corrected chi connectivity index (χ1v) is 20.1. The number of methoxy groups -OCH3 is 2. The number of likely N-dealkylation sites (N-methyl/N-ethyl adjacent to an activating group) is 1. The highest BCUT2D eigenvalue weighted by molar-refractivity contribution is 8.76. The van der Waals surface area contributed by atoms with Crippen LogP contribution in [0.2, 0.25) is 5.02 Å². The van der Waals surface area contributed by atoms with Gasteiger partial charge in [-0.05, 0) is 51.1 Å². The summed E-state index contributed by atoms with van der Waals surface area (Å²) in [4.78, 5) is 56.2. The average molecular weight is 784 g/mol. The number of epoxide rings is 1. The van der Waals surface area contributed by atoms with E-state index >= 15 is 0 Å². The number of nitrogens with zero attached hydrogens (tertiary/aromatic N) is 2. The third kappa shape index (κ3) is 9.40. The van der Waals surface area contributed by atoms with E-state index in [2.05, 4.69) is 5.32 Å². The molecule has 288 valence electrons. The summed E-state index contributed by atoms with van der Waals surface area (Å²) in [6.45, 7) is 7.02. The summed E-state index contributed by atoms with van der Waals surface area (Å²) < 4.78 is 29.2. The molecular weight excluding hydrogens is 734 g/mol. The lowest BCUT2D eigenvalue weighted by Crippen LogP contribution is -2.63. The maximum absolute atomic E-state index is 14.1. The lowest BCUT2D eigenvalue weighted by Gasteiger charge is -2.42. The van der Waals surface area contributed by atoms with Crippen LogP contribution in [0.4, 0.5) is 10.5 Å². The van der Waals surface area contributed by atoms with Gasteiger partial charge < -0.3 is 38.6 Å². The Morgan fingerprint density at radius 1 is 1.27 bits per heavy atom. The number of aliphatic hydroxyl groups is 1. The summed E-state index contributed by atoms with van der Waals surface area (Å²) in [5.74, 6) is -0.916. The minimum absolute atomic E-state index is 0.0452. The maximum Gasteiger partial charge on any atom is 0.409 e. The molecule has 0 radical (unpaired) electrons. The number of alkyl carbamates (subject to hydrolysis) is 1. The second-order valence-electron chi connectivity index (χ2n) is 13.6. The van der Waals surface area contributed by atoms with Gasteiger partial charge in [0.05, 0.1) is 25.3 Å². The molecular formula is C36H50ClN3O10S2. The molecule has 3 aliphatic heterocycles. The van der Waals surface area contributed by atoms with E-state index in [-0.39, 0.29) is 30.2 Å². The van der Waals surface area contributed by atoms with Crippen LogP contribution < -0.4 is 15.0 Å². The number of carbonyl (C=O) groups is 4. The zero-order chi connectivity index (χ0) is 38.5. The van der Waals surface area contributed by atoms with Crippen molar-refractivity contribution in [2.45, 2.75) is 95.2 Å². The van der Waals surface area contributed by atoms with E-state index in [0.717, 1.165) is 11.1 Å². The average Bonchev–Trinajstić information content (AvgIpc) is 3.80. The summed E-state index contributed by atoms with van der Waals surface area (Å²) in [5, 5.41) is 14.5. The Bertz CT molecular complexity index is 1580. The van der Waals surface area contributed by atoms with Gasteiger partial charge in [0.2, 0.25) is 11.8 Å². The molecule has 0 saturated carbocycles. The van der Waals surface area contributed by atoms with Gasteiger partial charge in [-0.25, -0.2) is 9.59 Å². The largest absolute Gasteiger partial charge is 0.495 e. The van der Waals surface area contributed by atoms with Crippen molar-refractivity contribution < 1.29 is 48.0 Å². The molecule has 16 heteroatoms. The van der Waals surface area contributed by atoms with E-state index in [9.17, 15) is 24.3 Å². The van der Waals surface area contributed by atoms with Crippen molar-refractivity contribution in [3.8, 4) is 5.75 Å². The highest BCUT2D eigenvalue weighted by Crippen LogP contribution is 2.49. The lowest BCUT2D eigenvalue weighted by molar-refractivity contribution is -0.161. The lowest BCUT2D eigenvalue weighted by atomic mass is 9.83. The number of fused-ring (bicyclic) bond motifs is 5. The van der Waals surface area contributed by atoms with Gasteiger partial charge in [-0.2, -0.15) is 0 Å². The highest BCUT2D eigenvalue weighted by atomic mass is 35.5. The van der Waals surface area contributed by atoms with Crippen LogP contribution in [-0.4, -0.2) is 116 Å². The standard InChI is InChI=1S/C36H50ClN3O10S2/c1-20-11-10-12-27(47-8)36(45)19-26(48-34(44)38-36)21(2)32-35(4,50-32)28(49-33(43)22(3)39(5)29(41)13-14-52-51-9)18-30(42)40(6)24-16-23(15-20)17-25(46-7)31(24)37/h10-12,16-17,21-22,26-28,32,45H,13-15,18-19H2,1-9H3,(H,38,44)/b12-10+,20-11+/t21-,22?,26+,27-,28+,32-,35+,36+/m1/s1. The fraction of sp³-hybridized carbons (Fsp3) is 0.611. The maximum atomic E-state index is 14.1. The zero-order valence-electron chi connectivity index (χ0n) is 31.1. The molecule has 2 N–H and O–H groups in total. The molecule has 2 fully saturated rings. The number of amides is 3. The molecule has 4 bridgehead atoms. The van der Waals surface area contributed by atoms with E-state index in [4.69, 9.17) is 35.3 Å². The number of nitrogens with one attached hydrogen (secondary N) is 1. The van der Waals surface area contributed by atoms with Crippen molar-refractivity contribution in [3.63, 3.8) is 0 Å². The second-order valence-corrected chi connectivity index (χ2v) is 16.7.